The van der Waals surface area contributed by atoms with E-state index in [0.29, 0.717) is 48.8 Å². The number of aromatic nitrogens is 4. The van der Waals surface area contributed by atoms with Crippen molar-refractivity contribution in [2.75, 3.05) is 25.4 Å². The second kappa shape index (κ2) is 9.04. The van der Waals surface area contributed by atoms with Crippen LogP contribution in [-0.2, 0) is 23.1 Å². The second-order valence-corrected chi connectivity index (χ2v) is 9.03. The number of hydrogen-bond donors (Lipinski definition) is 2. The predicted molar refractivity (Wildman–Crippen MR) is 125 cm³/mol. The van der Waals surface area contributed by atoms with E-state index in [1.54, 1.807) is 40.9 Å². The number of nitriles is 1. The van der Waals surface area contributed by atoms with Gasteiger partial charge in [-0.3, -0.25) is 9.67 Å². The molecule has 2 unspecified atom stereocenters. The van der Waals surface area contributed by atoms with E-state index in [9.17, 15) is 23.2 Å². The first kappa shape index (κ1) is 24.5. The molecule has 2 amide bonds. The van der Waals surface area contributed by atoms with E-state index < -0.39 is 29.2 Å². The van der Waals surface area contributed by atoms with Crippen molar-refractivity contribution in [3.05, 3.63) is 59.2 Å². The molecule has 2 aliphatic rings. The number of carbonyl (C=O) groups is 1. The Labute approximate surface area is 209 Å². The minimum Gasteiger partial charge on any atom is -0.383 e. The van der Waals surface area contributed by atoms with E-state index in [2.05, 4.69) is 26.5 Å². The van der Waals surface area contributed by atoms with Crippen LogP contribution in [0.15, 0.2) is 36.7 Å². The van der Waals surface area contributed by atoms with Crippen LogP contribution in [0.3, 0.4) is 0 Å². The van der Waals surface area contributed by atoms with Gasteiger partial charge < -0.3 is 20.7 Å². The molecule has 3 aromatic rings. The zero-order valence-electron chi connectivity index (χ0n) is 19.8. The van der Waals surface area contributed by atoms with Crippen molar-refractivity contribution >= 4 is 11.8 Å². The molecule has 192 valence electrons. The summed E-state index contributed by atoms with van der Waals surface area (Å²) in [7, 11) is 0. The first-order valence-corrected chi connectivity index (χ1v) is 11.6. The number of nitrogen functional groups attached to an aromatic ring is 1. The molecule has 0 aliphatic carbocycles. The maximum absolute atomic E-state index is 13.3. The molecule has 1 saturated heterocycles. The van der Waals surface area contributed by atoms with Gasteiger partial charge in [0, 0.05) is 30.9 Å². The SMILES string of the molecule is CC(NC(=O)N1CCC2(C1)OCCn1nc(-c3cnc(N)c(C(F)(F)F)c3)cc12)c1ncccc1C#N. The topological polar surface area (TPSA) is 135 Å². The Balaban J connectivity index is 1.37. The number of anilines is 1. The fraction of sp³-hybridized carbons (Fsp3) is 0.375. The van der Waals surface area contributed by atoms with Crippen molar-refractivity contribution in [2.24, 2.45) is 0 Å². The lowest BCUT2D eigenvalue weighted by Gasteiger charge is -2.34. The maximum Gasteiger partial charge on any atom is 0.419 e. The smallest absolute Gasteiger partial charge is 0.383 e. The molecule has 3 N–H and O–H groups in total. The third-order valence-electron chi connectivity index (χ3n) is 6.68. The molecule has 0 bridgehead atoms. The van der Waals surface area contributed by atoms with Crippen molar-refractivity contribution in [1.82, 2.24) is 30.0 Å². The quantitative estimate of drug-likeness (QED) is 0.550. The van der Waals surface area contributed by atoms with Gasteiger partial charge >= 0.3 is 12.2 Å². The molecule has 37 heavy (non-hydrogen) atoms. The van der Waals surface area contributed by atoms with Crippen LogP contribution >= 0.6 is 0 Å². The van der Waals surface area contributed by atoms with Gasteiger partial charge in [0.1, 0.15) is 17.5 Å². The Morgan fingerprint density at radius 2 is 2.14 bits per heavy atom. The third kappa shape index (κ3) is 4.44. The third-order valence-corrected chi connectivity index (χ3v) is 6.68. The lowest BCUT2D eigenvalue weighted by atomic mass is 9.96. The van der Waals surface area contributed by atoms with E-state index >= 15 is 0 Å². The van der Waals surface area contributed by atoms with E-state index in [1.807, 2.05) is 0 Å². The molecule has 5 heterocycles. The number of nitrogens with two attached hydrogens (primary N) is 1. The van der Waals surface area contributed by atoms with Gasteiger partial charge in [-0.25, -0.2) is 9.78 Å². The van der Waals surface area contributed by atoms with Crippen LogP contribution in [0, 0.1) is 11.3 Å². The summed E-state index contributed by atoms with van der Waals surface area (Å²) >= 11 is 0. The Kier molecular flexibility index (Phi) is 5.99. The van der Waals surface area contributed by atoms with Crippen LogP contribution in [0.1, 0.15) is 41.9 Å². The Morgan fingerprint density at radius 1 is 1.32 bits per heavy atom. The zero-order valence-corrected chi connectivity index (χ0v) is 19.8. The highest BCUT2D eigenvalue weighted by Crippen LogP contribution is 2.41. The molecule has 0 radical (unpaired) electrons. The van der Waals surface area contributed by atoms with Crippen molar-refractivity contribution in [2.45, 2.75) is 37.7 Å². The first-order chi connectivity index (χ1) is 17.6. The summed E-state index contributed by atoms with van der Waals surface area (Å²) in [6.45, 7) is 3.14. The lowest BCUT2D eigenvalue weighted by molar-refractivity contribution is -0.137. The van der Waals surface area contributed by atoms with Gasteiger partial charge in [0.25, 0.3) is 0 Å². The van der Waals surface area contributed by atoms with Crippen LogP contribution in [0.2, 0.25) is 0 Å². The first-order valence-electron chi connectivity index (χ1n) is 11.6. The number of urea groups is 1. The normalized spacial score (nSPS) is 19.9. The molecule has 5 rings (SSSR count). The van der Waals surface area contributed by atoms with E-state index in [-0.39, 0.29) is 18.1 Å². The van der Waals surface area contributed by atoms with E-state index in [4.69, 9.17) is 10.5 Å². The minimum absolute atomic E-state index is 0.184. The van der Waals surface area contributed by atoms with E-state index in [1.165, 1.54) is 6.20 Å². The molecule has 0 aromatic carbocycles. The summed E-state index contributed by atoms with van der Waals surface area (Å²) in [4.78, 5) is 22.6. The second-order valence-electron chi connectivity index (χ2n) is 9.03. The Hall–Kier alpha value is -4.18. The summed E-state index contributed by atoms with van der Waals surface area (Å²) in [6, 6.07) is 7.16. The number of nitrogens with one attached hydrogen (secondary N) is 1. The van der Waals surface area contributed by atoms with Gasteiger partial charge in [-0.05, 0) is 31.2 Å². The summed E-state index contributed by atoms with van der Waals surface area (Å²) in [5.74, 6) is -0.598. The molecule has 13 heteroatoms. The van der Waals surface area contributed by atoms with Gasteiger partial charge in [0.05, 0.1) is 53.9 Å². The highest BCUT2D eigenvalue weighted by molar-refractivity contribution is 5.75. The summed E-state index contributed by atoms with van der Waals surface area (Å²) in [5, 5.41) is 16.7. The van der Waals surface area contributed by atoms with E-state index in [0.717, 1.165) is 6.07 Å². The Bertz CT molecular complexity index is 1400. The summed E-state index contributed by atoms with van der Waals surface area (Å²) in [5.41, 5.74) is 5.60. The molecular weight excluding hydrogens is 489 g/mol. The number of rotatable bonds is 3. The largest absolute Gasteiger partial charge is 0.419 e. The van der Waals surface area contributed by atoms with Crippen LogP contribution in [0.4, 0.5) is 23.8 Å². The van der Waals surface area contributed by atoms with Crippen LogP contribution in [-0.4, -0.2) is 50.4 Å². The number of fused-ring (bicyclic) bond motifs is 2. The molecule has 2 aliphatic heterocycles. The summed E-state index contributed by atoms with van der Waals surface area (Å²) < 4.78 is 47.9. The fourth-order valence-corrected chi connectivity index (χ4v) is 4.82. The number of amides is 2. The number of ether oxygens (including phenoxy) is 1. The van der Waals surface area contributed by atoms with Gasteiger partial charge in [-0.1, -0.05) is 0 Å². The molecular formula is C24H23F3N8O2. The number of hydrogen-bond acceptors (Lipinski definition) is 7. The standard InChI is InChI=1S/C24H23F3N8O2/c1-14(20-15(11-28)3-2-5-30-20)32-22(36)34-6-4-23(13-34)19-10-18(33-35(19)7-8-37-23)16-9-17(24(25,26)27)21(29)31-12-16/h2-3,5,9-10,12,14H,4,6-8,13H2,1H3,(H2,29,31)(H,32,36). The van der Waals surface area contributed by atoms with Crippen molar-refractivity contribution < 1.29 is 22.7 Å². The van der Waals surface area contributed by atoms with Gasteiger partial charge in [0.2, 0.25) is 0 Å². The molecule has 10 nitrogen and oxygen atoms in total. The Morgan fingerprint density at radius 3 is 2.89 bits per heavy atom. The molecule has 2 atom stereocenters. The number of halogens is 3. The molecule has 1 spiro atoms. The molecule has 0 saturated carbocycles. The zero-order chi connectivity index (χ0) is 26.4. The predicted octanol–water partition coefficient (Wildman–Crippen LogP) is 3.21. The van der Waals surface area contributed by atoms with Crippen LogP contribution in [0.5, 0.6) is 0 Å². The van der Waals surface area contributed by atoms with Crippen LogP contribution < -0.4 is 11.1 Å². The summed E-state index contributed by atoms with van der Waals surface area (Å²) in [6.07, 6.45) is -1.33. The molecule has 1 fully saturated rings. The minimum atomic E-state index is -4.64. The fourth-order valence-electron chi connectivity index (χ4n) is 4.82. The average Bonchev–Trinajstić information content (AvgIpc) is 3.50. The van der Waals surface area contributed by atoms with Crippen LogP contribution in [0.25, 0.3) is 11.3 Å². The highest BCUT2D eigenvalue weighted by Gasteiger charge is 2.47. The number of likely N-dealkylation sites (tertiary alicyclic amines) is 1. The van der Waals surface area contributed by atoms with Crippen molar-refractivity contribution in [3.63, 3.8) is 0 Å². The van der Waals surface area contributed by atoms with Crippen molar-refractivity contribution in [3.8, 4) is 17.3 Å². The van der Waals surface area contributed by atoms with Crippen molar-refractivity contribution in [1.29, 1.82) is 5.26 Å². The van der Waals surface area contributed by atoms with Gasteiger partial charge in [0.15, 0.2) is 0 Å². The monoisotopic (exact) mass is 512 g/mol. The average molecular weight is 512 g/mol. The van der Waals surface area contributed by atoms with Gasteiger partial charge in [-0.2, -0.15) is 23.5 Å². The van der Waals surface area contributed by atoms with Gasteiger partial charge in [-0.15, -0.1) is 0 Å². The molecule has 3 aromatic heterocycles. The number of nitrogens with zero attached hydrogens (tertiary/aromatic N) is 6. The maximum atomic E-state index is 13.3. The number of alkyl halides is 3. The lowest BCUT2D eigenvalue weighted by Crippen LogP contribution is -2.45. The number of pyridine rings is 2. The highest BCUT2D eigenvalue weighted by atomic mass is 19.4. The number of carbonyl (C=O) groups excluding carboxylic acids is 1.